The topological polar surface area (TPSA) is 9.23 Å². The van der Waals surface area contributed by atoms with E-state index in [0.29, 0.717) is 11.5 Å². The summed E-state index contributed by atoms with van der Waals surface area (Å²) in [6, 6.07) is 0. The van der Waals surface area contributed by atoms with Gasteiger partial charge in [-0.3, -0.25) is 0 Å². The molecule has 0 radical (unpaired) electrons. The zero-order valence-electron chi connectivity index (χ0n) is 10.3. The number of rotatable bonds is 3. The lowest BCUT2D eigenvalue weighted by atomic mass is 9.77. The second-order valence-corrected chi connectivity index (χ2v) is 5.86. The van der Waals surface area contributed by atoms with Gasteiger partial charge < -0.3 is 4.74 Å². The molecule has 0 heterocycles. The quantitative estimate of drug-likeness (QED) is 0.665. The molecule has 1 aliphatic rings. The highest BCUT2D eigenvalue weighted by molar-refractivity contribution is 4.76. The minimum Gasteiger partial charge on any atom is -0.379 e. The molecule has 0 N–H and O–H groups in total. The summed E-state index contributed by atoms with van der Waals surface area (Å²) >= 11 is 0. The molecule has 0 spiro atoms. The maximum absolute atomic E-state index is 5.66. The molecule has 1 fully saturated rings. The largest absolute Gasteiger partial charge is 0.379 e. The van der Waals surface area contributed by atoms with Crippen LogP contribution in [0.15, 0.2) is 0 Å². The molecule has 1 aliphatic carbocycles. The van der Waals surface area contributed by atoms with Crippen LogP contribution >= 0.6 is 0 Å². The van der Waals surface area contributed by atoms with Crippen molar-refractivity contribution in [3.63, 3.8) is 0 Å². The average molecular weight is 198 g/mol. The van der Waals surface area contributed by atoms with Crippen LogP contribution in [0.2, 0.25) is 0 Å². The van der Waals surface area contributed by atoms with Crippen molar-refractivity contribution in [2.75, 3.05) is 6.61 Å². The molecule has 0 aromatic heterocycles. The van der Waals surface area contributed by atoms with E-state index in [4.69, 9.17) is 4.74 Å². The van der Waals surface area contributed by atoms with Gasteiger partial charge in [0.15, 0.2) is 0 Å². The van der Waals surface area contributed by atoms with Crippen molar-refractivity contribution in [1.29, 1.82) is 0 Å². The Morgan fingerprint density at radius 1 is 1.07 bits per heavy atom. The van der Waals surface area contributed by atoms with Crippen molar-refractivity contribution in [3.05, 3.63) is 0 Å². The zero-order chi connectivity index (χ0) is 10.6. The molecule has 1 nitrogen and oxygen atoms in total. The second kappa shape index (κ2) is 5.16. The fourth-order valence-corrected chi connectivity index (χ4v) is 2.60. The van der Waals surface area contributed by atoms with Crippen LogP contribution in [-0.4, -0.2) is 12.7 Å². The van der Waals surface area contributed by atoms with E-state index < -0.39 is 0 Å². The van der Waals surface area contributed by atoms with Gasteiger partial charge in [-0.05, 0) is 50.4 Å². The molecule has 0 unspecified atom stereocenters. The monoisotopic (exact) mass is 198 g/mol. The molecule has 0 amide bonds. The Morgan fingerprint density at radius 3 is 2.07 bits per heavy atom. The lowest BCUT2D eigenvalue weighted by molar-refractivity contribution is 0.0209. The molecular weight excluding hydrogens is 172 g/mol. The number of ether oxygens (including phenoxy) is 1. The van der Waals surface area contributed by atoms with Crippen LogP contribution in [0.25, 0.3) is 0 Å². The predicted octanol–water partition coefficient (Wildman–Crippen LogP) is 4.02. The highest BCUT2D eigenvalue weighted by Gasteiger charge is 2.24. The highest BCUT2D eigenvalue weighted by atomic mass is 16.5. The van der Waals surface area contributed by atoms with Gasteiger partial charge in [-0.1, -0.05) is 20.8 Å². The molecule has 0 saturated heterocycles. The first kappa shape index (κ1) is 12.0. The Morgan fingerprint density at radius 2 is 1.64 bits per heavy atom. The molecule has 0 aromatic carbocycles. The summed E-state index contributed by atoms with van der Waals surface area (Å²) in [5, 5.41) is 0. The van der Waals surface area contributed by atoms with Crippen LogP contribution in [0, 0.1) is 11.3 Å². The highest BCUT2D eigenvalue weighted by Crippen LogP contribution is 2.34. The molecule has 0 atom stereocenters. The first-order chi connectivity index (χ1) is 6.51. The normalized spacial score (nSPS) is 29.1. The van der Waals surface area contributed by atoms with E-state index in [9.17, 15) is 0 Å². The van der Waals surface area contributed by atoms with Gasteiger partial charge in [0.25, 0.3) is 0 Å². The van der Waals surface area contributed by atoms with Crippen molar-refractivity contribution < 1.29 is 4.74 Å². The van der Waals surface area contributed by atoms with Gasteiger partial charge in [-0.15, -0.1) is 0 Å². The van der Waals surface area contributed by atoms with Crippen LogP contribution in [0.4, 0.5) is 0 Å². The molecule has 0 bridgehead atoms. The predicted molar refractivity (Wildman–Crippen MR) is 61.4 cm³/mol. The first-order valence-electron chi connectivity index (χ1n) is 6.13. The third-order valence-corrected chi connectivity index (χ3v) is 3.10. The fourth-order valence-electron chi connectivity index (χ4n) is 2.60. The van der Waals surface area contributed by atoms with Gasteiger partial charge in [0.1, 0.15) is 0 Å². The summed E-state index contributed by atoms with van der Waals surface area (Å²) in [6.45, 7) is 10.0. The van der Waals surface area contributed by atoms with E-state index in [0.717, 1.165) is 12.5 Å². The second-order valence-electron chi connectivity index (χ2n) is 5.86. The van der Waals surface area contributed by atoms with Crippen LogP contribution in [0.5, 0.6) is 0 Å². The maximum atomic E-state index is 5.66. The summed E-state index contributed by atoms with van der Waals surface area (Å²) in [4.78, 5) is 0. The van der Waals surface area contributed by atoms with Crippen LogP contribution in [0.1, 0.15) is 59.8 Å². The van der Waals surface area contributed by atoms with E-state index in [1.54, 1.807) is 0 Å². The van der Waals surface area contributed by atoms with E-state index >= 15 is 0 Å². The SMILES string of the molecule is CCOC1CCC(CC(C)(C)C)CC1. The summed E-state index contributed by atoms with van der Waals surface area (Å²) in [6.07, 6.45) is 7.27. The summed E-state index contributed by atoms with van der Waals surface area (Å²) in [7, 11) is 0. The van der Waals surface area contributed by atoms with Gasteiger partial charge in [0.05, 0.1) is 6.10 Å². The van der Waals surface area contributed by atoms with Crippen LogP contribution in [0.3, 0.4) is 0 Å². The minimum atomic E-state index is 0.503. The summed E-state index contributed by atoms with van der Waals surface area (Å²) in [5.41, 5.74) is 0.503. The van der Waals surface area contributed by atoms with Crippen molar-refractivity contribution in [2.45, 2.75) is 65.9 Å². The molecule has 84 valence electrons. The maximum Gasteiger partial charge on any atom is 0.0575 e. The van der Waals surface area contributed by atoms with Crippen molar-refractivity contribution in [2.24, 2.45) is 11.3 Å². The Labute approximate surface area is 89.2 Å². The van der Waals surface area contributed by atoms with E-state index in [2.05, 4.69) is 27.7 Å². The lowest BCUT2D eigenvalue weighted by Crippen LogP contribution is -2.24. The van der Waals surface area contributed by atoms with Crippen LogP contribution in [-0.2, 0) is 4.74 Å². The first-order valence-corrected chi connectivity index (χ1v) is 6.13. The Bertz CT molecular complexity index is 149. The number of hydrogen-bond donors (Lipinski definition) is 0. The van der Waals surface area contributed by atoms with Gasteiger partial charge >= 0.3 is 0 Å². The molecule has 14 heavy (non-hydrogen) atoms. The molecule has 0 aliphatic heterocycles. The standard InChI is InChI=1S/C13H26O/c1-5-14-12-8-6-11(7-9-12)10-13(2,3)4/h11-12H,5-10H2,1-4H3. The lowest BCUT2D eigenvalue weighted by Gasteiger charge is -2.32. The van der Waals surface area contributed by atoms with E-state index in [1.165, 1.54) is 32.1 Å². The van der Waals surface area contributed by atoms with E-state index in [1.807, 2.05) is 0 Å². The fraction of sp³-hybridized carbons (Fsp3) is 1.00. The molecule has 1 heteroatoms. The Kier molecular flexibility index (Phi) is 4.43. The smallest absolute Gasteiger partial charge is 0.0575 e. The van der Waals surface area contributed by atoms with Gasteiger partial charge in [0, 0.05) is 6.61 Å². The zero-order valence-corrected chi connectivity index (χ0v) is 10.3. The Balaban J connectivity index is 2.22. The molecular formula is C13H26O. The summed E-state index contributed by atoms with van der Waals surface area (Å²) in [5.74, 6) is 0.951. The summed E-state index contributed by atoms with van der Waals surface area (Å²) < 4.78 is 5.66. The van der Waals surface area contributed by atoms with Crippen molar-refractivity contribution in [3.8, 4) is 0 Å². The van der Waals surface area contributed by atoms with Gasteiger partial charge in [-0.25, -0.2) is 0 Å². The molecule has 1 rings (SSSR count). The average Bonchev–Trinajstić information content (AvgIpc) is 2.06. The van der Waals surface area contributed by atoms with E-state index in [-0.39, 0.29) is 0 Å². The van der Waals surface area contributed by atoms with Crippen molar-refractivity contribution >= 4 is 0 Å². The van der Waals surface area contributed by atoms with Gasteiger partial charge in [0.2, 0.25) is 0 Å². The third kappa shape index (κ3) is 4.45. The van der Waals surface area contributed by atoms with Crippen molar-refractivity contribution in [1.82, 2.24) is 0 Å². The third-order valence-electron chi connectivity index (χ3n) is 3.10. The minimum absolute atomic E-state index is 0.503. The van der Waals surface area contributed by atoms with Crippen LogP contribution < -0.4 is 0 Å². The molecule has 0 aromatic rings. The Hall–Kier alpha value is -0.0400. The van der Waals surface area contributed by atoms with Gasteiger partial charge in [-0.2, -0.15) is 0 Å². The molecule has 1 saturated carbocycles. The number of hydrogen-bond acceptors (Lipinski definition) is 1.